The van der Waals surface area contributed by atoms with E-state index >= 15 is 0 Å². The summed E-state index contributed by atoms with van der Waals surface area (Å²) in [5.41, 5.74) is 5.13. The van der Waals surface area contributed by atoms with Crippen LogP contribution in [0.2, 0.25) is 5.02 Å². The first-order valence-electron chi connectivity index (χ1n) is 10.0. The van der Waals surface area contributed by atoms with Crippen LogP contribution in [0.25, 0.3) is 16.9 Å². The third-order valence-electron chi connectivity index (χ3n) is 5.89. The van der Waals surface area contributed by atoms with Gasteiger partial charge in [-0.2, -0.15) is 5.10 Å². The summed E-state index contributed by atoms with van der Waals surface area (Å²) >= 11 is 6.51. The average Bonchev–Trinajstić information content (AvgIpc) is 3.49. The fraction of sp³-hybridized carbons (Fsp3) is 0.304. The SMILES string of the molecule is COc1cc2c(cc1OC)-c1c(c(C(=O)N3CCCC3)nn1-c1ccccc1Cl)C2. The van der Waals surface area contributed by atoms with E-state index in [9.17, 15) is 4.79 Å². The molecule has 0 saturated carbocycles. The summed E-state index contributed by atoms with van der Waals surface area (Å²) in [6.45, 7) is 1.56. The van der Waals surface area contributed by atoms with Crippen LogP contribution >= 0.6 is 11.6 Å². The van der Waals surface area contributed by atoms with Crippen LogP contribution in [0, 0.1) is 0 Å². The minimum absolute atomic E-state index is 0.0127. The molecular formula is C23H22ClN3O3. The lowest BCUT2D eigenvalue weighted by Crippen LogP contribution is -2.28. The van der Waals surface area contributed by atoms with Gasteiger partial charge in [0.1, 0.15) is 0 Å². The summed E-state index contributed by atoms with van der Waals surface area (Å²) in [5, 5.41) is 5.35. The molecule has 1 saturated heterocycles. The van der Waals surface area contributed by atoms with Crippen molar-refractivity contribution < 1.29 is 14.3 Å². The van der Waals surface area contributed by atoms with Crippen LogP contribution < -0.4 is 9.47 Å². The number of ether oxygens (including phenoxy) is 2. The maximum Gasteiger partial charge on any atom is 0.274 e. The van der Waals surface area contributed by atoms with Crippen LogP contribution in [0.3, 0.4) is 0 Å². The van der Waals surface area contributed by atoms with Gasteiger partial charge in [-0.1, -0.05) is 23.7 Å². The van der Waals surface area contributed by atoms with Gasteiger partial charge in [0, 0.05) is 30.6 Å². The van der Waals surface area contributed by atoms with E-state index in [0.29, 0.717) is 28.6 Å². The second-order valence-corrected chi connectivity index (χ2v) is 7.99. The minimum Gasteiger partial charge on any atom is -0.493 e. The number of para-hydroxylation sites is 1. The predicted octanol–water partition coefficient (Wildman–Crippen LogP) is 4.35. The first-order chi connectivity index (χ1) is 14.6. The smallest absolute Gasteiger partial charge is 0.274 e. The molecule has 3 aromatic rings. The molecular weight excluding hydrogens is 402 g/mol. The van der Waals surface area contributed by atoms with E-state index in [1.165, 1.54) is 0 Å². The van der Waals surface area contributed by atoms with E-state index < -0.39 is 0 Å². The van der Waals surface area contributed by atoms with Gasteiger partial charge >= 0.3 is 0 Å². The lowest BCUT2D eigenvalue weighted by atomic mass is 10.1. The Morgan fingerprint density at radius 2 is 1.77 bits per heavy atom. The minimum atomic E-state index is -0.0127. The highest BCUT2D eigenvalue weighted by atomic mass is 35.5. The van der Waals surface area contributed by atoms with Crippen LogP contribution in [0.4, 0.5) is 0 Å². The van der Waals surface area contributed by atoms with Crippen molar-refractivity contribution in [2.75, 3.05) is 27.3 Å². The first kappa shape index (κ1) is 19.0. The Labute approximate surface area is 180 Å². The van der Waals surface area contributed by atoms with Gasteiger partial charge in [0.15, 0.2) is 17.2 Å². The van der Waals surface area contributed by atoms with Crippen LogP contribution in [0.5, 0.6) is 11.5 Å². The first-order valence-corrected chi connectivity index (χ1v) is 10.4. The monoisotopic (exact) mass is 423 g/mol. The number of likely N-dealkylation sites (tertiary alicyclic amines) is 1. The Balaban J connectivity index is 1.73. The molecule has 2 heterocycles. The highest BCUT2D eigenvalue weighted by Crippen LogP contribution is 2.45. The van der Waals surface area contributed by atoms with Gasteiger partial charge in [-0.3, -0.25) is 4.79 Å². The van der Waals surface area contributed by atoms with Crippen molar-refractivity contribution in [1.82, 2.24) is 14.7 Å². The summed E-state index contributed by atoms with van der Waals surface area (Å²) in [5.74, 6) is 1.30. The second-order valence-electron chi connectivity index (χ2n) is 7.58. The third kappa shape index (κ3) is 2.86. The number of halogens is 1. The molecule has 0 unspecified atom stereocenters. The Bertz CT molecular complexity index is 1150. The van der Waals surface area contributed by atoms with Crippen LogP contribution in [0.15, 0.2) is 36.4 Å². The second kappa shape index (κ2) is 7.36. The molecule has 1 amide bonds. The Hall–Kier alpha value is -2.99. The van der Waals surface area contributed by atoms with Gasteiger partial charge < -0.3 is 14.4 Å². The molecule has 1 aromatic heterocycles. The van der Waals surface area contributed by atoms with Gasteiger partial charge in [-0.25, -0.2) is 4.68 Å². The molecule has 1 fully saturated rings. The fourth-order valence-electron chi connectivity index (χ4n) is 4.41. The van der Waals surface area contributed by atoms with Crippen LogP contribution in [0.1, 0.15) is 34.5 Å². The highest BCUT2D eigenvalue weighted by molar-refractivity contribution is 6.32. The van der Waals surface area contributed by atoms with Crippen molar-refractivity contribution in [3.63, 3.8) is 0 Å². The van der Waals surface area contributed by atoms with Gasteiger partial charge in [-0.15, -0.1) is 0 Å². The van der Waals surface area contributed by atoms with Crippen LogP contribution in [-0.2, 0) is 6.42 Å². The summed E-state index contributed by atoms with van der Waals surface area (Å²) in [4.78, 5) is 15.2. The molecule has 1 aliphatic carbocycles. The van der Waals surface area contributed by atoms with E-state index in [4.69, 9.17) is 26.2 Å². The number of carbonyl (C=O) groups excluding carboxylic acids is 1. The maximum absolute atomic E-state index is 13.3. The average molecular weight is 424 g/mol. The summed E-state index contributed by atoms with van der Waals surface area (Å²) < 4.78 is 12.8. The highest BCUT2D eigenvalue weighted by Gasteiger charge is 2.34. The van der Waals surface area contributed by atoms with E-state index in [1.54, 1.807) is 18.9 Å². The van der Waals surface area contributed by atoms with Crippen molar-refractivity contribution in [2.45, 2.75) is 19.3 Å². The molecule has 0 bridgehead atoms. The standard InChI is InChI=1S/C23H22ClN3O3/c1-29-19-12-14-11-16-21(23(28)26-9-5-6-10-26)25-27(18-8-4-3-7-17(18)24)22(16)15(14)13-20(19)30-2/h3-4,7-8,12-13H,5-6,9-11H2,1-2H3. The number of fused-ring (bicyclic) bond motifs is 3. The molecule has 154 valence electrons. The number of nitrogens with zero attached hydrogens (tertiary/aromatic N) is 3. The van der Waals surface area contributed by atoms with Gasteiger partial charge in [0.2, 0.25) is 0 Å². The molecule has 6 nitrogen and oxygen atoms in total. The quantitative estimate of drug-likeness (QED) is 0.489. The number of benzene rings is 2. The van der Waals surface area contributed by atoms with Crippen molar-refractivity contribution in [3.05, 3.63) is 58.2 Å². The molecule has 5 rings (SSSR count). The number of methoxy groups -OCH3 is 2. The number of hydrogen-bond acceptors (Lipinski definition) is 4. The zero-order valence-corrected chi connectivity index (χ0v) is 17.7. The lowest BCUT2D eigenvalue weighted by molar-refractivity contribution is 0.0785. The molecule has 2 aromatic carbocycles. The number of amides is 1. The van der Waals surface area contributed by atoms with E-state index in [-0.39, 0.29) is 5.91 Å². The summed E-state index contributed by atoms with van der Waals surface area (Å²) in [6, 6.07) is 11.5. The number of hydrogen-bond donors (Lipinski definition) is 0. The Morgan fingerprint density at radius 3 is 2.47 bits per heavy atom. The van der Waals surface area contributed by atoms with Gasteiger partial charge in [-0.05, 0) is 42.7 Å². The third-order valence-corrected chi connectivity index (χ3v) is 6.21. The molecule has 30 heavy (non-hydrogen) atoms. The number of rotatable bonds is 4. The fourth-order valence-corrected chi connectivity index (χ4v) is 4.63. The largest absolute Gasteiger partial charge is 0.493 e. The van der Waals surface area contributed by atoms with E-state index in [1.807, 2.05) is 41.3 Å². The molecule has 1 aliphatic heterocycles. The summed E-state index contributed by atoms with van der Waals surface area (Å²) in [7, 11) is 3.24. The zero-order valence-electron chi connectivity index (χ0n) is 16.9. The normalized spacial score (nSPS) is 14.6. The van der Waals surface area contributed by atoms with Crippen molar-refractivity contribution in [1.29, 1.82) is 0 Å². The Kier molecular flexibility index (Phi) is 4.66. The topological polar surface area (TPSA) is 56.6 Å². The number of carbonyl (C=O) groups is 1. The molecule has 0 radical (unpaired) electrons. The molecule has 7 heteroatoms. The van der Waals surface area contributed by atoms with Gasteiger partial charge in [0.25, 0.3) is 5.91 Å². The molecule has 0 atom stereocenters. The molecule has 0 N–H and O–H groups in total. The zero-order chi connectivity index (χ0) is 20.8. The van der Waals surface area contributed by atoms with Gasteiger partial charge in [0.05, 0.1) is 30.6 Å². The predicted molar refractivity (Wildman–Crippen MR) is 115 cm³/mol. The molecule has 2 aliphatic rings. The van der Waals surface area contributed by atoms with E-state index in [0.717, 1.165) is 54.0 Å². The maximum atomic E-state index is 13.3. The van der Waals surface area contributed by atoms with Crippen molar-refractivity contribution in [2.24, 2.45) is 0 Å². The number of aromatic nitrogens is 2. The summed E-state index contributed by atoms with van der Waals surface area (Å²) in [6.07, 6.45) is 2.69. The Morgan fingerprint density at radius 1 is 1.07 bits per heavy atom. The van der Waals surface area contributed by atoms with Crippen LogP contribution in [-0.4, -0.2) is 47.9 Å². The molecule has 0 spiro atoms. The van der Waals surface area contributed by atoms with Crippen molar-refractivity contribution >= 4 is 17.5 Å². The van der Waals surface area contributed by atoms with Crippen molar-refractivity contribution in [3.8, 4) is 28.4 Å². The lowest BCUT2D eigenvalue weighted by Gasteiger charge is -2.14. The van der Waals surface area contributed by atoms with E-state index in [2.05, 4.69) is 0 Å².